The zero-order valence-corrected chi connectivity index (χ0v) is 14.7. The van der Waals surface area contributed by atoms with Crippen LogP contribution in [0.15, 0.2) is 5.03 Å². The molecule has 2 aliphatic rings. The average molecular weight is 349 g/mol. The summed E-state index contributed by atoms with van der Waals surface area (Å²) in [5, 5.41) is 4.71. The molecule has 4 rings (SSSR count). The quantitative estimate of drug-likeness (QED) is 0.872. The Bertz CT molecular complexity index is 842. The number of H-pyrrole nitrogens is 1. The summed E-state index contributed by atoms with van der Waals surface area (Å²) in [6, 6.07) is 0. The predicted molar refractivity (Wildman–Crippen MR) is 89.1 cm³/mol. The molecule has 0 amide bonds. The van der Waals surface area contributed by atoms with Gasteiger partial charge in [0.15, 0.2) is 5.03 Å². The number of hydrogen-bond acceptors (Lipinski definition) is 4. The number of aromatic nitrogens is 4. The predicted octanol–water partition coefficient (Wildman–Crippen LogP) is 1.38. The van der Waals surface area contributed by atoms with Crippen LogP contribution >= 0.6 is 0 Å². The lowest BCUT2D eigenvalue weighted by molar-refractivity contribution is 0.558. The summed E-state index contributed by atoms with van der Waals surface area (Å²) >= 11 is 0. The third-order valence-corrected chi connectivity index (χ3v) is 6.49. The van der Waals surface area contributed by atoms with E-state index < -0.39 is 10.0 Å². The van der Waals surface area contributed by atoms with E-state index >= 15 is 0 Å². The number of aromatic amines is 1. The average Bonchev–Trinajstić information content (AvgIpc) is 3.12. The molecule has 0 saturated carbocycles. The van der Waals surface area contributed by atoms with Gasteiger partial charge in [0.1, 0.15) is 5.82 Å². The molecule has 0 unspecified atom stereocenters. The van der Waals surface area contributed by atoms with E-state index in [1.807, 2.05) is 0 Å². The Labute approximate surface area is 141 Å². The second kappa shape index (κ2) is 6.00. The van der Waals surface area contributed by atoms with Crippen molar-refractivity contribution >= 4 is 10.0 Å². The molecule has 0 fully saturated rings. The molecule has 130 valence electrons. The number of fused-ring (bicyclic) bond motifs is 2. The molecular weight excluding hydrogens is 326 g/mol. The van der Waals surface area contributed by atoms with Crippen molar-refractivity contribution in [1.29, 1.82) is 0 Å². The summed E-state index contributed by atoms with van der Waals surface area (Å²) in [6.07, 6.45) is 8.06. The highest BCUT2D eigenvalue weighted by Crippen LogP contribution is 2.26. The van der Waals surface area contributed by atoms with Crippen LogP contribution in [0, 0.1) is 0 Å². The zero-order chi connectivity index (χ0) is 16.7. The minimum absolute atomic E-state index is 0.190. The molecule has 0 saturated heterocycles. The van der Waals surface area contributed by atoms with Crippen molar-refractivity contribution in [3.05, 3.63) is 28.5 Å². The van der Waals surface area contributed by atoms with E-state index in [0.29, 0.717) is 10.9 Å². The molecule has 8 heteroatoms. The minimum Gasteiger partial charge on any atom is -0.345 e. The summed E-state index contributed by atoms with van der Waals surface area (Å²) in [5.74, 6) is 0.696. The van der Waals surface area contributed by atoms with E-state index in [9.17, 15) is 8.42 Å². The standard InChI is InChI=1S/C16H23N5O2S/c1-21-16(11-6-2-3-7-12(11)20-21)24(22,23)17-10-15-18-13-8-4-5-9-14(13)19-15/h17H,2-10H2,1H3,(H,18,19). The fourth-order valence-corrected chi connectivity index (χ4v) is 5.21. The van der Waals surface area contributed by atoms with E-state index in [1.165, 1.54) is 11.1 Å². The summed E-state index contributed by atoms with van der Waals surface area (Å²) in [6.45, 7) is 0.190. The molecule has 0 aromatic carbocycles. The van der Waals surface area contributed by atoms with Crippen LogP contribution in [0.5, 0.6) is 0 Å². The van der Waals surface area contributed by atoms with Crippen LogP contribution in [0.1, 0.15) is 54.2 Å². The third kappa shape index (κ3) is 2.77. The molecule has 0 aliphatic heterocycles. The van der Waals surface area contributed by atoms with Gasteiger partial charge in [-0.3, -0.25) is 4.68 Å². The van der Waals surface area contributed by atoms with Crippen molar-refractivity contribution in [2.24, 2.45) is 7.05 Å². The van der Waals surface area contributed by atoms with Gasteiger partial charge in [-0.25, -0.2) is 18.1 Å². The fraction of sp³-hybridized carbons (Fsp3) is 0.625. The van der Waals surface area contributed by atoms with Gasteiger partial charge in [0.2, 0.25) is 0 Å². The van der Waals surface area contributed by atoms with Crippen LogP contribution in [-0.2, 0) is 49.3 Å². The number of nitrogens with one attached hydrogen (secondary N) is 2. The van der Waals surface area contributed by atoms with Crippen molar-refractivity contribution in [3.8, 4) is 0 Å². The van der Waals surface area contributed by atoms with Crippen molar-refractivity contribution in [3.63, 3.8) is 0 Å². The number of aryl methyl sites for hydroxylation is 4. The lowest BCUT2D eigenvalue weighted by Crippen LogP contribution is -2.27. The zero-order valence-electron chi connectivity index (χ0n) is 13.9. The van der Waals surface area contributed by atoms with Gasteiger partial charge in [-0.1, -0.05) is 0 Å². The van der Waals surface area contributed by atoms with E-state index in [4.69, 9.17) is 0 Å². The Kier molecular flexibility index (Phi) is 3.96. The summed E-state index contributed by atoms with van der Waals surface area (Å²) in [7, 11) is -1.89. The van der Waals surface area contributed by atoms with Crippen molar-refractivity contribution in [2.75, 3.05) is 0 Å². The number of sulfonamides is 1. The minimum atomic E-state index is -3.60. The Morgan fingerprint density at radius 2 is 1.79 bits per heavy atom. The number of rotatable bonds is 4. The molecule has 0 spiro atoms. The Morgan fingerprint density at radius 1 is 1.08 bits per heavy atom. The maximum Gasteiger partial charge on any atom is 0.258 e. The second-order valence-corrected chi connectivity index (χ2v) is 8.38. The maximum atomic E-state index is 12.8. The van der Waals surface area contributed by atoms with E-state index in [0.717, 1.165) is 67.6 Å². The Hall–Kier alpha value is -1.67. The largest absolute Gasteiger partial charge is 0.345 e. The third-order valence-electron chi connectivity index (χ3n) is 4.95. The topological polar surface area (TPSA) is 92.7 Å². The van der Waals surface area contributed by atoms with Crippen LogP contribution in [0.4, 0.5) is 0 Å². The van der Waals surface area contributed by atoms with Gasteiger partial charge < -0.3 is 4.98 Å². The first-order chi connectivity index (χ1) is 11.5. The van der Waals surface area contributed by atoms with Crippen LogP contribution < -0.4 is 4.72 Å². The second-order valence-electron chi connectivity index (χ2n) is 6.70. The Balaban J connectivity index is 1.56. The highest BCUT2D eigenvalue weighted by Gasteiger charge is 2.28. The molecule has 2 aromatic heterocycles. The molecule has 2 heterocycles. The highest BCUT2D eigenvalue weighted by atomic mass is 32.2. The summed E-state index contributed by atoms with van der Waals surface area (Å²) in [5.41, 5.74) is 4.06. The Morgan fingerprint density at radius 3 is 2.58 bits per heavy atom. The van der Waals surface area contributed by atoms with E-state index in [-0.39, 0.29) is 6.54 Å². The van der Waals surface area contributed by atoms with Gasteiger partial charge >= 0.3 is 0 Å². The molecule has 2 aliphatic carbocycles. The van der Waals surface area contributed by atoms with Gasteiger partial charge in [-0.2, -0.15) is 5.10 Å². The van der Waals surface area contributed by atoms with Crippen LogP contribution in [0.3, 0.4) is 0 Å². The van der Waals surface area contributed by atoms with Gasteiger partial charge in [0.05, 0.1) is 17.9 Å². The van der Waals surface area contributed by atoms with Gasteiger partial charge in [-0.15, -0.1) is 0 Å². The van der Waals surface area contributed by atoms with Crippen LogP contribution in [0.2, 0.25) is 0 Å². The van der Waals surface area contributed by atoms with Gasteiger partial charge in [-0.05, 0) is 51.4 Å². The lowest BCUT2D eigenvalue weighted by Gasteiger charge is -2.12. The normalized spacial score (nSPS) is 17.5. The number of imidazole rings is 1. The SMILES string of the molecule is Cn1nc2c(c1S(=O)(=O)NCc1nc3c([nH]1)CCCC3)CCCC2. The number of hydrogen-bond donors (Lipinski definition) is 2. The molecular formula is C16H23N5O2S. The summed E-state index contributed by atoms with van der Waals surface area (Å²) in [4.78, 5) is 7.81. The van der Waals surface area contributed by atoms with Crippen LogP contribution in [-0.4, -0.2) is 28.2 Å². The smallest absolute Gasteiger partial charge is 0.258 e. The highest BCUT2D eigenvalue weighted by molar-refractivity contribution is 7.89. The molecule has 2 aromatic rings. The molecule has 2 N–H and O–H groups in total. The van der Waals surface area contributed by atoms with Crippen molar-refractivity contribution in [2.45, 2.75) is 62.9 Å². The maximum absolute atomic E-state index is 12.8. The molecule has 7 nitrogen and oxygen atoms in total. The first kappa shape index (κ1) is 15.8. The first-order valence-corrected chi connectivity index (χ1v) is 10.1. The monoisotopic (exact) mass is 349 g/mol. The van der Waals surface area contributed by atoms with Crippen molar-refractivity contribution in [1.82, 2.24) is 24.5 Å². The lowest BCUT2D eigenvalue weighted by atomic mass is 9.99. The molecule has 0 radical (unpaired) electrons. The van der Waals surface area contributed by atoms with E-state index in [1.54, 1.807) is 7.05 Å². The summed E-state index contributed by atoms with van der Waals surface area (Å²) < 4.78 is 29.8. The molecule has 0 bridgehead atoms. The van der Waals surface area contributed by atoms with E-state index in [2.05, 4.69) is 19.8 Å². The number of nitrogens with zero attached hydrogens (tertiary/aromatic N) is 3. The van der Waals surface area contributed by atoms with Gasteiger partial charge in [0.25, 0.3) is 10.0 Å². The first-order valence-electron chi connectivity index (χ1n) is 8.65. The van der Waals surface area contributed by atoms with Crippen LogP contribution in [0.25, 0.3) is 0 Å². The van der Waals surface area contributed by atoms with Gasteiger partial charge in [0, 0.05) is 18.3 Å². The fourth-order valence-electron chi connectivity index (χ4n) is 3.82. The molecule has 0 atom stereocenters. The molecule has 24 heavy (non-hydrogen) atoms. The van der Waals surface area contributed by atoms with Crippen molar-refractivity contribution < 1.29 is 8.42 Å².